The lowest BCUT2D eigenvalue weighted by molar-refractivity contribution is 0.0688. The average Bonchev–Trinajstić information content (AvgIpc) is 2.43. The molecule has 14 heavy (non-hydrogen) atoms. The number of hydrogen-bond acceptors (Lipinski definition) is 2. The molecule has 4 heteroatoms. The second-order valence-electron chi connectivity index (χ2n) is 4.05. The van der Waals surface area contributed by atoms with E-state index in [1.54, 1.807) is 4.68 Å². The SMILES string of the molecule is CC1CCc2c(c(C(=O)O)nn2C)C1. The summed E-state index contributed by atoms with van der Waals surface area (Å²) < 4.78 is 1.71. The van der Waals surface area contributed by atoms with E-state index in [9.17, 15) is 4.79 Å². The molecule has 1 heterocycles. The van der Waals surface area contributed by atoms with E-state index in [0.717, 1.165) is 30.5 Å². The monoisotopic (exact) mass is 194 g/mol. The number of carbonyl (C=O) groups is 1. The van der Waals surface area contributed by atoms with E-state index in [1.165, 1.54) is 0 Å². The second kappa shape index (κ2) is 3.12. The molecular weight excluding hydrogens is 180 g/mol. The third kappa shape index (κ3) is 1.31. The van der Waals surface area contributed by atoms with Crippen LogP contribution in [0.2, 0.25) is 0 Å². The summed E-state index contributed by atoms with van der Waals surface area (Å²) in [4.78, 5) is 10.9. The van der Waals surface area contributed by atoms with Crippen LogP contribution in [-0.4, -0.2) is 20.9 Å². The number of carboxylic acid groups (broad SMARTS) is 1. The van der Waals surface area contributed by atoms with Gasteiger partial charge >= 0.3 is 5.97 Å². The maximum absolute atomic E-state index is 10.9. The minimum Gasteiger partial charge on any atom is -0.476 e. The first-order chi connectivity index (χ1) is 6.59. The van der Waals surface area contributed by atoms with Crippen molar-refractivity contribution in [1.82, 2.24) is 9.78 Å². The fourth-order valence-corrected chi connectivity index (χ4v) is 2.14. The van der Waals surface area contributed by atoms with Crippen molar-refractivity contribution in [1.29, 1.82) is 0 Å². The van der Waals surface area contributed by atoms with Crippen LogP contribution in [0.25, 0.3) is 0 Å². The Labute approximate surface area is 82.5 Å². The molecule has 0 bridgehead atoms. The van der Waals surface area contributed by atoms with Crippen LogP contribution in [0.3, 0.4) is 0 Å². The molecule has 0 saturated carbocycles. The zero-order chi connectivity index (χ0) is 10.3. The van der Waals surface area contributed by atoms with Gasteiger partial charge in [0.2, 0.25) is 0 Å². The summed E-state index contributed by atoms with van der Waals surface area (Å²) in [6.45, 7) is 2.15. The highest BCUT2D eigenvalue weighted by molar-refractivity contribution is 5.87. The first-order valence-electron chi connectivity index (χ1n) is 4.87. The number of carboxylic acids is 1. The van der Waals surface area contributed by atoms with Crippen molar-refractivity contribution in [2.75, 3.05) is 0 Å². The van der Waals surface area contributed by atoms with Crippen LogP contribution < -0.4 is 0 Å². The molecule has 0 spiro atoms. The van der Waals surface area contributed by atoms with Crippen LogP contribution in [0.1, 0.15) is 35.1 Å². The average molecular weight is 194 g/mol. The number of aryl methyl sites for hydroxylation is 1. The number of aromatic carboxylic acids is 1. The maximum Gasteiger partial charge on any atom is 0.356 e. The van der Waals surface area contributed by atoms with Crippen molar-refractivity contribution in [3.63, 3.8) is 0 Å². The molecule has 0 saturated heterocycles. The molecule has 2 rings (SSSR count). The highest BCUT2D eigenvalue weighted by Gasteiger charge is 2.25. The standard InChI is InChI=1S/C10H14N2O2/c1-6-3-4-8-7(5-6)9(10(13)14)11-12(8)2/h6H,3-5H2,1-2H3,(H,13,14). The first-order valence-corrected chi connectivity index (χ1v) is 4.87. The van der Waals surface area contributed by atoms with Crippen molar-refractivity contribution in [3.05, 3.63) is 17.0 Å². The highest BCUT2D eigenvalue weighted by Crippen LogP contribution is 2.27. The van der Waals surface area contributed by atoms with Gasteiger partial charge < -0.3 is 5.11 Å². The second-order valence-corrected chi connectivity index (χ2v) is 4.05. The zero-order valence-electron chi connectivity index (χ0n) is 8.45. The Bertz CT molecular complexity index is 382. The molecule has 1 N–H and O–H groups in total. The molecule has 0 fully saturated rings. The van der Waals surface area contributed by atoms with Crippen LogP contribution in [0.5, 0.6) is 0 Å². The minimum atomic E-state index is -0.907. The van der Waals surface area contributed by atoms with Crippen molar-refractivity contribution in [2.45, 2.75) is 26.2 Å². The molecule has 0 amide bonds. The van der Waals surface area contributed by atoms with Gasteiger partial charge in [0.15, 0.2) is 5.69 Å². The molecule has 1 aliphatic rings. The summed E-state index contributed by atoms with van der Waals surface area (Å²) in [5.74, 6) is -0.333. The molecule has 4 nitrogen and oxygen atoms in total. The Hall–Kier alpha value is -1.32. The predicted octanol–water partition coefficient (Wildman–Crippen LogP) is 1.24. The molecule has 1 aromatic rings. The zero-order valence-corrected chi connectivity index (χ0v) is 8.45. The molecular formula is C10H14N2O2. The number of nitrogens with zero attached hydrogens (tertiary/aromatic N) is 2. The van der Waals surface area contributed by atoms with Gasteiger partial charge in [-0.15, -0.1) is 0 Å². The Morgan fingerprint density at radius 2 is 2.36 bits per heavy atom. The molecule has 1 aromatic heterocycles. The Morgan fingerprint density at radius 3 is 3.00 bits per heavy atom. The molecule has 0 aromatic carbocycles. The third-order valence-electron chi connectivity index (χ3n) is 2.90. The molecule has 76 valence electrons. The van der Waals surface area contributed by atoms with Crippen molar-refractivity contribution in [3.8, 4) is 0 Å². The molecule has 1 atom stereocenters. The largest absolute Gasteiger partial charge is 0.476 e. The van der Waals surface area contributed by atoms with E-state index < -0.39 is 5.97 Å². The van der Waals surface area contributed by atoms with E-state index in [0.29, 0.717) is 5.92 Å². The Morgan fingerprint density at radius 1 is 1.64 bits per heavy atom. The van der Waals surface area contributed by atoms with Crippen LogP contribution in [0.15, 0.2) is 0 Å². The summed E-state index contributed by atoms with van der Waals surface area (Å²) >= 11 is 0. The van der Waals surface area contributed by atoms with Crippen LogP contribution in [-0.2, 0) is 19.9 Å². The van der Waals surface area contributed by atoms with E-state index in [-0.39, 0.29) is 5.69 Å². The topological polar surface area (TPSA) is 55.1 Å². The summed E-state index contributed by atoms with van der Waals surface area (Å²) in [6.07, 6.45) is 2.93. The van der Waals surface area contributed by atoms with Gasteiger partial charge in [0.1, 0.15) is 0 Å². The molecule has 1 aliphatic carbocycles. The van der Waals surface area contributed by atoms with Gasteiger partial charge in [0, 0.05) is 18.3 Å². The lowest BCUT2D eigenvalue weighted by Gasteiger charge is -2.18. The van der Waals surface area contributed by atoms with Gasteiger partial charge in [-0.2, -0.15) is 5.10 Å². The normalized spacial score (nSPS) is 20.6. The molecule has 0 aliphatic heterocycles. The highest BCUT2D eigenvalue weighted by atomic mass is 16.4. The van der Waals surface area contributed by atoms with Crippen LogP contribution in [0.4, 0.5) is 0 Å². The van der Waals surface area contributed by atoms with Crippen LogP contribution in [0, 0.1) is 5.92 Å². The van der Waals surface area contributed by atoms with Gasteiger partial charge in [0.05, 0.1) is 0 Å². The molecule has 0 radical (unpaired) electrons. The van der Waals surface area contributed by atoms with Crippen LogP contribution >= 0.6 is 0 Å². The Balaban J connectivity index is 2.50. The van der Waals surface area contributed by atoms with Gasteiger partial charge in [-0.25, -0.2) is 4.79 Å². The number of hydrogen-bond donors (Lipinski definition) is 1. The fourth-order valence-electron chi connectivity index (χ4n) is 2.14. The van der Waals surface area contributed by atoms with Gasteiger partial charge in [-0.3, -0.25) is 4.68 Å². The van der Waals surface area contributed by atoms with Gasteiger partial charge in [-0.1, -0.05) is 6.92 Å². The van der Waals surface area contributed by atoms with E-state index in [1.807, 2.05) is 7.05 Å². The van der Waals surface area contributed by atoms with Crippen molar-refractivity contribution >= 4 is 5.97 Å². The van der Waals surface area contributed by atoms with E-state index >= 15 is 0 Å². The smallest absolute Gasteiger partial charge is 0.356 e. The summed E-state index contributed by atoms with van der Waals surface area (Å²) in [7, 11) is 1.82. The predicted molar refractivity (Wildman–Crippen MR) is 51.4 cm³/mol. The first kappa shape index (κ1) is 9.24. The van der Waals surface area contributed by atoms with Gasteiger partial charge in [0.25, 0.3) is 0 Å². The number of aromatic nitrogens is 2. The minimum absolute atomic E-state index is 0.244. The Kier molecular flexibility index (Phi) is 2.06. The van der Waals surface area contributed by atoms with Gasteiger partial charge in [-0.05, 0) is 25.2 Å². The fraction of sp³-hybridized carbons (Fsp3) is 0.600. The maximum atomic E-state index is 10.9. The van der Waals surface area contributed by atoms with Crippen molar-refractivity contribution in [2.24, 2.45) is 13.0 Å². The summed E-state index contributed by atoms with van der Waals surface area (Å²) in [6, 6.07) is 0. The summed E-state index contributed by atoms with van der Waals surface area (Å²) in [5.41, 5.74) is 2.29. The third-order valence-corrected chi connectivity index (χ3v) is 2.90. The van der Waals surface area contributed by atoms with E-state index in [4.69, 9.17) is 5.11 Å². The number of fused-ring (bicyclic) bond motifs is 1. The number of rotatable bonds is 1. The van der Waals surface area contributed by atoms with Crippen molar-refractivity contribution < 1.29 is 9.90 Å². The van der Waals surface area contributed by atoms with E-state index in [2.05, 4.69) is 12.0 Å². The lowest BCUT2D eigenvalue weighted by Crippen LogP contribution is -2.14. The quantitative estimate of drug-likeness (QED) is 0.731. The lowest BCUT2D eigenvalue weighted by atomic mass is 9.87. The molecule has 1 unspecified atom stereocenters. The summed E-state index contributed by atoms with van der Waals surface area (Å²) in [5, 5.41) is 13.0.